The summed E-state index contributed by atoms with van der Waals surface area (Å²) in [5, 5.41) is 5.59. The van der Waals surface area contributed by atoms with Gasteiger partial charge in [-0.15, -0.1) is 0 Å². The van der Waals surface area contributed by atoms with Gasteiger partial charge in [0, 0.05) is 31.2 Å². The van der Waals surface area contributed by atoms with E-state index in [2.05, 4.69) is 15.6 Å². The average molecular weight is 341 g/mol. The van der Waals surface area contributed by atoms with Crippen LogP contribution in [0, 0.1) is 0 Å². The highest BCUT2D eigenvalue weighted by Crippen LogP contribution is 2.18. The van der Waals surface area contributed by atoms with Gasteiger partial charge >= 0.3 is 6.03 Å². The minimum Gasteiger partial charge on any atom is -0.491 e. The van der Waals surface area contributed by atoms with Gasteiger partial charge in [-0.05, 0) is 55.2 Å². The zero-order valence-electron chi connectivity index (χ0n) is 14.1. The summed E-state index contributed by atoms with van der Waals surface area (Å²) >= 11 is 0. The molecule has 0 spiro atoms. The van der Waals surface area contributed by atoms with Crippen molar-refractivity contribution in [3.8, 4) is 5.75 Å². The SMILES string of the molecule is O=C(NCc1cccnc1)Nc1ccc(OC[C@H]2CCCCO2)cc1. The number of carbonyl (C=O) groups excluding carboxylic acids is 1. The second-order valence-corrected chi connectivity index (χ2v) is 5.99. The van der Waals surface area contributed by atoms with Crippen LogP contribution in [0.1, 0.15) is 24.8 Å². The van der Waals surface area contributed by atoms with E-state index in [0.717, 1.165) is 30.8 Å². The number of amides is 2. The first-order valence-electron chi connectivity index (χ1n) is 8.58. The van der Waals surface area contributed by atoms with Crippen LogP contribution < -0.4 is 15.4 Å². The Bertz CT molecular complexity index is 655. The molecule has 0 saturated carbocycles. The number of hydrogen-bond acceptors (Lipinski definition) is 4. The van der Waals surface area contributed by atoms with Gasteiger partial charge in [0.2, 0.25) is 0 Å². The quantitative estimate of drug-likeness (QED) is 0.845. The monoisotopic (exact) mass is 341 g/mol. The smallest absolute Gasteiger partial charge is 0.319 e. The fourth-order valence-corrected chi connectivity index (χ4v) is 2.62. The van der Waals surface area contributed by atoms with E-state index >= 15 is 0 Å². The van der Waals surface area contributed by atoms with Crippen LogP contribution in [0.3, 0.4) is 0 Å². The highest BCUT2D eigenvalue weighted by Gasteiger charge is 2.14. The van der Waals surface area contributed by atoms with Crippen LogP contribution >= 0.6 is 0 Å². The number of anilines is 1. The van der Waals surface area contributed by atoms with Gasteiger partial charge in [0.25, 0.3) is 0 Å². The molecule has 0 radical (unpaired) electrons. The summed E-state index contributed by atoms with van der Waals surface area (Å²) in [6.45, 7) is 1.83. The highest BCUT2D eigenvalue weighted by molar-refractivity contribution is 5.89. The Morgan fingerprint density at radius 3 is 2.84 bits per heavy atom. The van der Waals surface area contributed by atoms with E-state index in [4.69, 9.17) is 9.47 Å². The number of nitrogens with zero attached hydrogens (tertiary/aromatic N) is 1. The maximum atomic E-state index is 11.9. The van der Waals surface area contributed by atoms with Gasteiger partial charge in [-0.2, -0.15) is 0 Å². The number of benzene rings is 1. The molecule has 1 aromatic heterocycles. The fraction of sp³-hybridized carbons (Fsp3) is 0.368. The molecule has 2 N–H and O–H groups in total. The molecule has 1 atom stereocenters. The molecule has 0 unspecified atom stereocenters. The lowest BCUT2D eigenvalue weighted by Gasteiger charge is -2.22. The van der Waals surface area contributed by atoms with Gasteiger partial charge in [-0.3, -0.25) is 4.98 Å². The van der Waals surface area contributed by atoms with Crippen molar-refractivity contribution in [2.24, 2.45) is 0 Å². The van der Waals surface area contributed by atoms with Crippen LogP contribution in [0.4, 0.5) is 10.5 Å². The van der Waals surface area contributed by atoms with Crippen molar-refractivity contribution in [3.05, 3.63) is 54.4 Å². The summed E-state index contributed by atoms with van der Waals surface area (Å²) in [5.74, 6) is 0.774. The maximum absolute atomic E-state index is 11.9. The van der Waals surface area contributed by atoms with Crippen LogP contribution in [-0.4, -0.2) is 30.3 Å². The number of pyridine rings is 1. The minimum atomic E-state index is -0.256. The van der Waals surface area contributed by atoms with Crippen molar-refractivity contribution in [1.82, 2.24) is 10.3 Å². The molecule has 6 heteroatoms. The molecule has 1 fully saturated rings. The van der Waals surface area contributed by atoms with E-state index < -0.39 is 0 Å². The zero-order chi connectivity index (χ0) is 17.3. The normalized spacial score (nSPS) is 16.9. The van der Waals surface area contributed by atoms with E-state index in [1.54, 1.807) is 12.4 Å². The number of carbonyl (C=O) groups is 1. The second-order valence-electron chi connectivity index (χ2n) is 5.99. The summed E-state index contributed by atoms with van der Waals surface area (Å²) in [4.78, 5) is 15.9. The Morgan fingerprint density at radius 2 is 2.12 bits per heavy atom. The molecule has 2 heterocycles. The first-order chi connectivity index (χ1) is 12.3. The predicted molar refractivity (Wildman–Crippen MR) is 95.6 cm³/mol. The lowest BCUT2D eigenvalue weighted by molar-refractivity contribution is -0.0110. The third kappa shape index (κ3) is 5.76. The highest BCUT2D eigenvalue weighted by atomic mass is 16.5. The minimum absolute atomic E-state index is 0.185. The van der Waals surface area contributed by atoms with Gasteiger partial charge in [-0.25, -0.2) is 4.79 Å². The van der Waals surface area contributed by atoms with Crippen molar-refractivity contribution >= 4 is 11.7 Å². The molecule has 6 nitrogen and oxygen atoms in total. The average Bonchev–Trinajstić information content (AvgIpc) is 2.67. The Labute approximate surface area is 147 Å². The molecule has 0 aliphatic carbocycles. The van der Waals surface area contributed by atoms with Crippen molar-refractivity contribution < 1.29 is 14.3 Å². The number of aromatic nitrogens is 1. The first kappa shape index (κ1) is 17.2. The van der Waals surface area contributed by atoms with Crippen molar-refractivity contribution in [3.63, 3.8) is 0 Å². The lowest BCUT2D eigenvalue weighted by Crippen LogP contribution is -2.28. The Hall–Kier alpha value is -2.60. The molecule has 1 aromatic carbocycles. The molecule has 3 rings (SSSR count). The summed E-state index contributed by atoms with van der Waals surface area (Å²) in [5.41, 5.74) is 1.66. The Balaban J connectivity index is 1.41. The number of urea groups is 1. The van der Waals surface area contributed by atoms with Gasteiger partial charge in [-0.1, -0.05) is 6.07 Å². The second kappa shape index (κ2) is 9.03. The number of ether oxygens (including phenoxy) is 2. The molecule has 25 heavy (non-hydrogen) atoms. The summed E-state index contributed by atoms with van der Waals surface area (Å²) in [6, 6.07) is 10.8. The summed E-state index contributed by atoms with van der Waals surface area (Å²) in [7, 11) is 0. The maximum Gasteiger partial charge on any atom is 0.319 e. The van der Waals surface area contributed by atoms with E-state index in [0.29, 0.717) is 18.8 Å². The van der Waals surface area contributed by atoms with Crippen LogP contribution in [0.5, 0.6) is 5.75 Å². The molecular formula is C19H23N3O3. The van der Waals surface area contributed by atoms with Gasteiger partial charge in [0.05, 0.1) is 6.10 Å². The van der Waals surface area contributed by atoms with Crippen molar-refractivity contribution in [1.29, 1.82) is 0 Å². The third-order valence-corrected chi connectivity index (χ3v) is 4.00. The summed E-state index contributed by atoms with van der Waals surface area (Å²) < 4.78 is 11.4. The van der Waals surface area contributed by atoms with Crippen LogP contribution in [0.25, 0.3) is 0 Å². The van der Waals surface area contributed by atoms with Crippen LogP contribution in [0.2, 0.25) is 0 Å². The predicted octanol–water partition coefficient (Wildman–Crippen LogP) is 3.35. The standard InChI is InChI=1S/C19H23N3O3/c23-19(21-13-15-4-3-10-20-12-15)22-16-6-8-17(9-7-16)25-14-18-5-1-2-11-24-18/h3-4,6-10,12,18H,1-2,5,11,13-14H2,(H2,21,22,23)/t18-/m1/s1. The van der Waals surface area contributed by atoms with Gasteiger partial charge < -0.3 is 20.1 Å². The van der Waals surface area contributed by atoms with E-state index in [1.807, 2.05) is 36.4 Å². The van der Waals surface area contributed by atoms with Crippen molar-refractivity contribution in [2.75, 3.05) is 18.5 Å². The number of rotatable bonds is 6. The largest absolute Gasteiger partial charge is 0.491 e. The van der Waals surface area contributed by atoms with E-state index in [1.165, 1.54) is 6.42 Å². The fourth-order valence-electron chi connectivity index (χ4n) is 2.62. The molecule has 132 valence electrons. The van der Waals surface area contributed by atoms with Gasteiger partial charge in [0.1, 0.15) is 12.4 Å². The van der Waals surface area contributed by atoms with Gasteiger partial charge in [0.15, 0.2) is 0 Å². The molecule has 2 amide bonds. The number of nitrogens with one attached hydrogen (secondary N) is 2. The van der Waals surface area contributed by atoms with Crippen LogP contribution in [-0.2, 0) is 11.3 Å². The molecule has 1 aliphatic heterocycles. The van der Waals surface area contributed by atoms with E-state index in [-0.39, 0.29) is 12.1 Å². The Kier molecular flexibility index (Phi) is 6.23. The molecule has 1 aliphatic rings. The first-order valence-corrected chi connectivity index (χ1v) is 8.58. The Morgan fingerprint density at radius 1 is 1.24 bits per heavy atom. The van der Waals surface area contributed by atoms with Crippen molar-refractivity contribution in [2.45, 2.75) is 31.9 Å². The third-order valence-electron chi connectivity index (χ3n) is 4.00. The zero-order valence-corrected chi connectivity index (χ0v) is 14.1. The molecule has 1 saturated heterocycles. The molecule has 2 aromatic rings. The lowest BCUT2D eigenvalue weighted by atomic mass is 10.1. The van der Waals surface area contributed by atoms with E-state index in [9.17, 15) is 4.79 Å². The summed E-state index contributed by atoms with van der Waals surface area (Å²) in [6.07, 6.45) is 7.00. The van der Waals surface area contributed by atoms with Crippen LogP contribution in [0.15, 0.2) is 48.8 Å². The number of hydrogen-bond donors (Lipinski definition) is 2. The molecular weight excluding hydrogens is 318 g/mol. The topological polar surface area (TPSA) is 72.5 Å². The molecule has 0 bridgehead atoms.